The standard InChI is InChI=1S/C22H28N4O/c1-17-23-20-10-9-19(16-21(20)24-17)22(27)26-14-12-25(13-15-26)11-5-8-18-6-3-2-4-7-18/h2-8,19H,9-16H2,1H3,(H,23,24). The van der Waals surface area contributed by atoms with E-state index >= 15 is 0 Å². The minimum Gasteiger partial charge on any atom is -0.346 e. The van der Waals surface area contributed by atoms with E-state index in [4.69, 9.17) is 0 Å². The SMILES string of the molecule is Cc1nc2c([nH]1)CC(C(=O)N1CCN(CC=Cc3ccccc3)CC1)CC2. The van der Waals surface area contributed by atoms with Crippen LogP contribution in [0.25, 0.3) is 6.08 Å². The van der Waals surface area contributed by atoms with Gasteiger partial charge in [0.15, 0.2) is 0 Å². The number of aryl methyl sites for hydroxylation is 2. The number of fused-ring (bicyclic) bond motifs is 1. The fourth-order valence-corrected chi connectivity index (χ4v) is 4.15. The number of nitrogens with zero attached hydrogens (tertiary/aromatic N) is 3. The van der Waals surface area contributed by atoms with Gasteiger partial charge in [0.2, 0.25) is 5.91 Å². The maximum absolute atomic E-state index is 12.9. The summed E-state index contributed by atoms with van der Waals surface area (Å²) in [6.45, 7) is 6.50. The van der Waals surface area contributed by atoms with E-state index in [1.165, 1.54) is 11.3 Å². The summed E-state index contributed by atoms with van der Waals surface area (Å²) in [6, 6.07) is 10.4. The van der Waals surface area contributed by atoms with Crippen molar-refractivity contribution in [3.05, 3.63) is 59.2 Å². The predicted molar refractivity (Wildman–Crippen MR) is 107 cm³/mol. The summed E-state index contributed by atoms with van der Waals surface area (Å²) in [5.74, 6) is 1.40. The first-order valence-electron chi connectivity index (χ1n) is 9.96. The smallest absolute Gasteiger partial charge is 0.226 e. The zero-order valence-corrected chi connectivity index (χ0v) is 16.0. The van der Waals surface area contributed by atoms with E-state index in [-0.39, 0.29) is 5.92 Å². The number of aromatic nitrogens is 2. The maximum Gasteiger partial charge on any atom is 0.226 e. The Hall–Kier alpha value is -2.40. The summed E-state index contributed by atoms with van der Waals surface area (Å²) in [5, 5.41) is 0. The lowest BCUT2D eigenvalue weighted by Crippen LogP contribution is -2.50. The second-order valence-electron chi connectivity index (χ2n) is 7.63. The van der Waals surface area contributed by atoms with Crippen LogP contribution in [0.2, 0.25) is 0 Å². The normalized spacial score (nSPS) is 20.8. The van der Waals surface area contributed by atoms with Crippen LogP contribution in [0.4, 0.5) is 0 Å². The van der Waals surface area contributed by atoms with Crippen molar-refractivity contribution >= 4 is 12.0 Å². The van der Waals surface area contributed by atoms with Crippen molar-refractivity contribution in [3.8, 4) is 0 Å². The molecule has 1 fully saturated rings. The van der Waals surface area contributed by atoms with Crippen LogP contribution < -0.4 is 0 Å². The van der Waals surface area contributed by atoms with Crippen LogP contribution >= 0.6 is 0 Å². The van der Waals surface area contributed by atoms with Crippen LogP contribution in [0, 0.1) is 12.8 Å². The molecular weight excluding hydrogens is 336 g/mol. The average molecular weight is 364 g/mol. The molecule has 5 heteroatoms. The first-order valence-corrected chi connectivity index (χ1v) is 9.96. The number of hydrogen-bond acceptors (Lipinski definition) is 3. The Morgan fingerprint density at radius 1 is 1.22 bits per heavy atom. The number of nitrogens with one attached hydrogen (secondary N) is 1. The molecule has 1 atom stereocenters. The zero-order chi connectivity index (χ0) is 18.6. The molecule has 0 saturated carbocycles. The molecule has 1 aliphatic carbocycles. The Morgan fingerprint density at radius 2 is 2.00 bits per heavy atom. The first kappa shape index (κ1) is 18.0. The van der Waals surface area contributed by atoms with E-state index in [0.717, 1.165) is 63.5 Å². The molecule has 0 spiro atoms. The molecule has 0 bridgehead atoms. The van der Waals surface area contributed by atoms with Crippen molar-refractivity contribution in [2.24, 2.45) is 5.92 Å². The fraction of sp³-hybridized carbons (Fsp3) is 0.455. The molecule has 1 aromatic carbocycles. The van der Waals surface area contributed by atoms with E-state index < -0.39 is 0 Å². The summed E-state index contributed by atoms with van der Waals surface area (Å²) >= 11 is 0. The third-order valence-electron chi connectivity index (χ3n) is 5.67. The van der Waals surface area contributed by atoms with Gasteiger partial charge in [0.1, 0.15) is 5.82 Å². The molecule has 2 aliphatic rings. The zero-order valence-electron chi connectivity index (χ0n) is 16.0. The lowest BCUT2D eigenvalue weighted by Gasteiger charge is -2.36. The highest BCUT2D eigenvalue weighted by atomic mass is 16.2. The van der Waals surface area contributed by atoms with Crippen molar-refractivity contribution in [2.75, 3.05) is 32.7 Å². The molecule has 1 unspecified atom stereocenters. The lowest BCUT2D eigenvalue weighted by molar-refractivity contribution is -0.137. The Bertz CT molecular complexity index is 803. The molecule has 0 radical (unpaired) electrons. The number of piperazine rings is 1. The number of amides is 1. The van der Waals surface area contributed by atoms with Gasteiger partial charge < -0.3 is 9.88 Å². The van der Waals surface area contributed by atoms with Gasteiger partial charge in [-0.05, 0) is 25.3 Å². The minimum atomic E-state index is 0.113. The lowest BCUT2D eigenvalue weighted by atomic mass is 9.88. The number of H-pyrrole nitrogens is 1. The Kier molecular flexibility index (Phi) is 5.39. The second-order valence-corrected chi connectivity index (χ2v) is 7.63. The van der Waals surface area contributed by atoms with Crippen LogP contribution in [0.5, 0.6) is 0 Å². The molecule has 1 aromatic heterocycles. The van der Waals surface area contributed by atoms with Gasteiger partial charge in [-0.15, -0.1) is 0 Å². The Morgan fingerprint density at radius 3 is 2.78 bits per heavy atom. The number of carbonyl (C=O) groups is 1. The van der Waals surface area contributed by atoms with Crippen LogP contribution in [-0.4, -0.2) is 58.4 Å². The van der Waals surface area contributed by atoms with Gasteiger partial charge >= 0.3 is 0 Å². The molecule has 1 aliphatic heterocycles. The van der Waals surface area contributed by atoms with Crippen molar-refractivity contribution in [3.63, 3.8) is 0 Å². The quantitative estimate of drug-likeness (QED) is 0.907. The average Bonchev–Trinajstić information content (AvgIpc) is 3.08. The molecule has 1 saturated heterocycles. The molecule has 1 amide bonds. The molecule has 142 valence electrons. The Labute approximate surface area is 161 Å². The monoisotopic (exact) mass is 364 g/mol. The Balaban J connectivity index is 1.25. The summed E-state index contributed by atoms with van der Waals surface area (Å²) in [7, 11) is 0. The van der Waals surface area contributed by atoms with Gasteiger partial charge in [-0.25, -0.2) is 4.98 Å². The fourth-order valence-electron chi connectivity index (χ4n) is 4.15. The molecular formula is C22H28N4O. The number of imidazole rings is 1. The summed E-state index contributed by atoms with van der Waals surface area (Å²) in [4.78, 5) is 25.3. The second kappa shape index (κ2) is 8.09. The molecule has 27 heavy (non-hydrogen) atoms. The van der Waals surface area contributed by atoms with E-state index in [1.54, 1.807) is 0 Å². The van der Waals surface area contributed by atoms with Crippen molar-refractivity contribution in [1.29, 1.82) is 0 Å². The first-order chi connectivity index (χ1) is 13.2. The highest BCUT2D eigenvalue weighted by Crippen LogP contribution is 2.25. The number of hydrogen-bond donors (Lipinski definition) is 1. The van der Waals surface area contributed by atoms with Crippen molar-refractivity contribution in [2.45, 2.75) is 26.2 Å². The van der Waals surface area contributed by atoms with E-state index in [2.05, 4.69) is 56.2 Å². The van der Waals surface area contributed by atoms with Gasteiger partial charge in [-0.2, -0.15) is 0 Å². The maximum atomic E-state index is 12.9. The number of carbonyl (C=O) groups excluding carboxylic acids is 1. The van der Waals surface area contributed by atoms with Gasteiger partial charge in [-0.3, -0.25) is 9.69 Å². The number of aromatic amines is 1. The predicted octanol–water partition coefficient (Wildman–Crippen LogP) is 2.68. The van der Waals surface area contributed by atoms with Gasteiger partial charge in [0.25, 0.3) is 0 Å². The molecule has 2 heterocycles. The van der Waals surface area contributed by atoms with Crippen LogP contribution in [0.1, 0.15) is 29.2 Å². The molecule has 5 nitrogen and oxygen atoms in total. The number of rotatable bonds is 4. The van der Waals surface area contributed by atoms with Gasteiger partial charge in [0.05, 0.1) is 5.69 Å². The van der Waals surface area contributed by atoms with Crippen LogP contribution in [-0.2, 0) is 17.6 Å². The summed E-state index contributed by atoms with van der Waals surface area (Å²) in [6.07, 6.45) is 7.05. The third-order valence-corrected chi connectivity index (χ3v) is 5.67. The largest absolute Gasteiger partial charge is 0.346 e. The third kappa shape index (κ3) is 4.30. The van der Waals surface area contributed by atoms with Gasteiger partial charge in [-0.1, -0.05) is 42.5 Å². The van der Waals surface area contributed by atoms with Crippen molar-refractivity contribution in [1.82, 2.24) is 19.8 Å². The highest BCUT2D eigenvalue weighted by molar-refractivity contribution is 5.79. The van der Waals surface area contributed by atoms with E-state index in [0.29, 0.717) is 5.91 Å². The van der Waals surface area contributed by atoms with E-state index in [9.17, 15) is 4.79 Å². The van der Waals surface area contributed by atoms with Gasteiger partial charge in [0, 0.05) is 50.8 Å². The summed E-state index contributed by atoms with van der Waals surface area (Å²) < 4.78 is 0. The summed E-state index contributed by atoms with van der Waals surface area (Å²) in [5.41, 5.74) is 3.56. The minimum absolute atomic E-state index is 0.113. The number of benzene rings is 1. The van der Waals surface area contributed by atoms with Crippen molar-refractivity contribution < 1.29 is 4.79 Å². The molecule has 1 N–H and O–H groups in total. The molecule has 4 rings (SSSR count). The highest BCUT2D eigenvalue weighted by Gasteiger charge is 2.31. The van der Waals surface area contributed by atoms with Crippen LogP contribution in [0.3, 0.4) is 0 Å². The molecule has 2 aromatic rings. The van der Waals surface area contributed by atoms with Crippen LogP contribution in [0.15, 0.2) is 36.4 Å². The topological polar surface area (TPSA) is 52.2 Å². The van der Waals surface area contributed by atoms with E-state index in [1.807, 2.05) is 13.0 Å².